The molecule has 0 radical (unpaired) electrons. The van der Waals surface area contributed by atoms with Crippen LogP contribution in [0.3, 0.4) is 0 Å². The number of hydrogen-bond acceptors (Lipinski definition) is 2. The van der Waals surface area contributed by atoms with Gasteiger partial charge in [0.1, 0.15) is 4.99 Å². The third-order valence-corrected chi connectivity index (χ3v) is 2.35. The van der Waals surface area contributed by atoms with Crippen LogP contribution in [-0.4, -0.2) is 10.2 Å². The van der Waals surface area contributed by atoms with Crippen LogP contribution >= 0.6 is 35.4 Å². The van der Waals surface area contributed by atoms with E-state index < -0.39 is 0 Å². The fourth-order valence-corrected chi connectivity index (χ4v) is 1.13. The lowest BCUT2D eigenvalue weighted by Crippen LogP contribution is -2.16. The first-order chi connectivity index (χ1) is 5.65. The first-order valence-electron chi connectivity index (χ1n) is 3.04. The first kappa shape index (κ1) is 9.74. The summed E-state index contributed by atoms with van der Waals surface area (Å²) in [6, 6.07) is 4.86. The monoisotopic (exact) mass is 221 g/mol. The summed E-state index contributed by atoms with van der Waals surface area (Å²) in [5.74, 6) is 0. The van der Waals surface area contributed by atoms with Gasteiger partial charge in [-0.3, -0.25) is 10.7 Å². The molecule has 0 aromatic heterocycles. The molecule has 0 saturated carbocycles. The van der Waals surface area contributed by atoms with E-state index in [1.165, 1.54) is 0 Å². The van der Waals surface area contributed by atoms with Crippen molar-refractivity contribution in [3.05, 3.63) is 33.8 Å². The van der Waals surface area contributed by atoms with Crippen molar-refractivity contribution in [3.8, 4) is 0 Å². The molecule has 0 spiro atoms. The fraction of sp³-hybridized carbons (Fsp3) is 0. The van der Waals surface area contributed by atoms with Crippen molar-refractivity contribution in [1.29, 1.82) is 0 Å². The molecule has 1 rings (SSSR count). The normalized spacial score (nSPS) is 9.58. The number of halogens is 2. The first-order valence-corrected chi connectivity index (χ1v) is 4.21. The zero-order valence-corrected chi connectivity index (χ0v) is 8.17. The van der Waals surface area contributed by atoms with Crippen molar-refractivity contribution < 1.29 is 5.21 Å². The smallest absolute Gasteiger partial charge is 0.130 e. The summed E-state index contributed by atoms with van der Waals surface area (Å²) in [5.41, 5.74) is 2.48. The van der Waals surface area contributed by atoms with Gasteiger partial charge in [0.25, 0.3) is 0 Å². The van der Waals surface area contributed by atoms with E-state index in [-0.39, 0.29) is 4.99 Å². The van der Waals surface area contributed by atoms with Gasteiger partial charge in [-0.1, -0.05) is 41.5 Å². The second kappa shape index (κ2) is 4.05. The van der Waals surface area contributed by atoms with E-state index in [0.29, 0.717) is 15.6 Å². The van der Waals surface area contributed by atoms with Crippen molar-refractivity contribution in [2.45, 2.75) is 0 Å². The predicted octanol–water partition coefficient (Wildman–Crippen LogP) is 2.65. The van der Waals surface area contributed by atoms with E-state index in [1.54, 1.807) is 18.2 Å². The highest BCUT2D eigenvalue weighted by molar-refractivity contribution is 7.80. The molecule has 0 bridgehead atoms. The summed E-state index contributed by atoms with van der Waals surface area (Å²) in [4.78, 5) is 0.216. The Morgan fingerprint density at radius 1 is 1.33 bits per heavy atom. The minimum atomic E-state index is 0.216. The van der Waals surface area contributed by atoms with Gasteiger partial charge in [0, 0.05) is 5.56 Å². The largest absolute Gasteiger partial charge is 0.290 e. The topological polar surface area (TPSA) is 32.3 Å². The Balaban J connectivity index is 3.05. The quantitative estimate of drug-likeness (QED) is 0.565. The summed E-state index contributed by atoms with van der Waals surface area (Å²) in [6.07, 6.45) is 0. The molecule has 0 amide bonds. The lowest BCUT2D eigenvalue weighted by molar-refractivity contribution is 0.238. The van der Waals surface area contributed by atoms with Crippen LogP contribution in [0.15, 0.2) is 18.2 Å². The maximum atomic E-state index is 8.48. The second-order valence-electron chi connectivity index (χ2n) is 2.07. The summed E-state index contributed by atoms with van der Waals surface area (Å²) < 4.78 is 0. The molecule has 0 atom stereocenters. The molecule has 2 nitrogen and oxygen atoms in total. The van der Waals surface area contributed by atoms with E-state index in [9.17, 15) is 0 Å². The summed E-state index contributed by atoms with van der Waals surface area (Å²) in [5, 5.41) is 9.35. The van der Waals surface area contributed by atoms with Crippen LogP contribution in [0.4, 0.5) is 0 Å². The number of hydrogen-bond donors (Lipinski definition) is 2. The van der Waals surface area contributed by atoms with Crippen molar-refractivity contribution in [2.75, 3.05) is 0 Å². The molecular formula is C7H5Cl2NOS. The average Bonchev–Trinajstić information content (AvgIpc) is 2.08. The molecule has 0 saturated heterocycles. The zero-order chi connectivity index (χ0) is 9.14. The number of hydroxylamine groups is 1. The Hall–Kier alpha value is -0.350. The van der Waals surface area contributed by atoms with E-state index in [4.69, 9.17) is 40.6 Å². The van der Waals surface area contributed by atoms with Crippen LogP contribution in [0.25, 0.3) is 0 Å². The van der Waals surface area contributed by atoms with Crippen molar-refractivity contribution >= 4 is 40.4 Å². The summed E-state index contributed by atoms with van der Waals surface area (Å²) in [6.45, 7) is 0. The maximum Gasteiger partial charge on any atom is 0.130 e. The Bertz CT molecular complexity index is 316. The zero-order valence-electron chi connectivity index (χ0n) is 5.84. The van der Waals surface area contributed by atoms with Gasteiger partial charge in [-0.15, -0.1) is 0 Å². The molecule has 0 aliphatic heterocycles. The minimum absolute atomic E-state index is 0.216. The summed E-state index contributed by atoms with van der Waals surface area (Å²) in [7, 11) is 0. The lowest BCUT2D eigenvalue weighted by Gasteiger charge is -2.02. The van der Waals surface area contributed by atoms with Crippen LogP contribution in [-0.2, 0) is 0 Å². The molecule has 0 heterocycles. The molecule has 0 aliphatic carbocycles. The number of thiocarbonyl (C=S) groups is 1. The van der Waals surface area contributed by atoms with Crippen LogP contribution in [0.2, 0.25) is 10.0 Å². The highest BCUT2D eigenvalue weighted by atomic mass is 35.5. The van der Waals surface area contributed by atoms with Crippen molar-refractivity contribution in [2.24, 2.45) is 0 Å². The van der Waals surface area contributed by atoms with Crippen LogP contribution < -0.4 is 5.48 Å². The minimum Gasteiger partial charge on any atom is -0.290 e. The van der Waals surface area contributed by atoms with Gasteiger partial charge in [-0.25, -0.2) is 0 Å². The molecule has 2 N–H and O–H groups in total. The molecular weight excluding hydrogens is 217 g/mol. The maximum absolute atomic E-state index is 8.48. The Morgan fingerprint density at radius 2 is 2.00 bits per heavy atom. The molecule has 0 aliphatic rings. The Kier molecular flexibility index (Phi) is 3.29. The molecule has 5 heteroatoms. The van der Waals surface area contributed by atoms with E-state index in [2.05, 4.69) is 0 Å². The fourth-order valence-electron chi connectivity index (χ4n) is 0.702. The third-order valence-electron chi connectivity index (χ3n) is 1.28. The second-order valence-corrected chi connectivity index (χ2v) is 3.29. The molecule has 0 unspecified atom stereocenters. The van der Waals surface area contributed by atoms with Crippen molar-refractivity contribution in [1.82, 2.24) is 5.48 Å². The van der Waals surface area contributed by atoms with Crippen LogP contribution in [0, 0.1) is 0 Å². The molecule has 1 aromatic carbocycles. The lowest BCUT2D eigenvalue weighted by atomic mass is 10.2. The third kappa shape index (κ3) is 2.08. The van der Waals surface area contributed by atoms with Gasteiger partial charge < -0.3 is 0 Å². The summed E-state index contributed by atoms with van der Waals surface area (Å²) >= 11 is 16.1. The van der Waals surface area contributed by atoms with Crippen molar-refractivity contribution in [3.63, 3.8) is 0 Å². The van der Waals surface area contributed by atoms with Gasteiger partial charge >= 0.3 is 0 Å². The van der Waals surface area contributed by atoms with E-state index >= 15 is 0 Å². The highest BCUT2D eigenvalue weighted by Crippen LogP contribution is 2.22. The molecule has 12 heavy (non-hydrogen) atoms. The molecule has 0 fully saturated rings. The average molecular weight is 222 g/mol. The van der Waals surface area contributed by atoms with E-state index in [0.717, 1.165) is 0 Å². The molecule has 1 aromatic rings. The molecule has 64 valence electrons. The van der Waals surface area contributed by atoms with Crippen LogP contribution in [0.5, 0.6) is 0 Å². The van der Waals surface area contributed by atoms with Gasteiger partial charge in [0.15, 0.2) is 0 Å². The van der Waals surface area contributed by atoms with Gasteiger partial charge in [0.2, 0.25) is 0 Å². The SMILES string of the molecule is ONC(=S)c1ccc(Cl)c(Cl)c1. The van der Waals surface area contributed by atoms with Crippen LogP contribution in [0.1, 0.15) is 5.56 Å². The van der Waals surface area contributed by atoms with Gasteiger partial charge in [0.05, 0.1) is 10.0 Å². The highest BCUT2D eigenvalue weighted by Gasteiger charge is 2.02. The number of rotatable bonds is 1. The Labute approximate surface area is 85.1 Å². The standard InChI is InChI=1S/C7H5Cl2NOS/c8-5-2-1-4(3-6(5)9)7(12)10-11/h1-3,11H,(H,10,12). The number of nitrogens with one attached hydrogen (secondary N) is 1. The Morgan fingerprint density at radius 3 is 2.50 bits per heavy atom. The van der Waals surface area contributed by atoms with Gasteiger partial charge in [-0.2, -0.15) is 0 Å². The van der Waals surface area contributed by atoms with E-state index in [1.807, 2.05) is 5.48 Å². The predicted molar refractivity (Wildman–Crippen MR) is 53.1 cm³/mol. The van der Waals surface area contributed by atoms with Gasteiger partial charge in [-0.05, 0) is 12.1 Å². The number of benzene rings is 1.